The van der Waals surface area contributed by atoms with Crippen molar-refractivity contribution in [3.8, 4) is 0 Å². The van der Waals surface area contributed by atoms with Gasteiger partial charge < -0.3 is 14.9 Å². The summed E-state index contributed by atoms with van der Waals surface area (Å²) >= 11 is 0. The first-order chi connectivity index (χ1) is 8.65. The number of rotatable bonds is 0. The van der Waals surface area contributed by atoms with E-state index in [1.54, 1.807) is 0 Å². The van der Waals surface area contributed by atoms with Gasteiger partial charge in [0.25, 0.3) is 0 Å². The van der Waals surface area contributed by atoms with Gasteiger partial charge in [0.1, 0.15) is 0 Å². The Bertz CT molecular complexity index is 334. The molecule has 0 radical (unpaired) electrons. The standard InChI is InChI=1S/C14H24N2O2/c1-10-3-2-6-15(7-10)14(18)16-8-11-4-5-13(17)12(11)9-16/h10-13,17H,2-9H2,1H3. The second kappa shape index (κ2) is 4.72. The monoisotopic (exact) mass is 252 g/mol. The number of likely N-dealkylation sites (tertiary alicyclic amines) is 2. The first kappa shape index (κ1) is 12.3. The number of amides is 2. The Hall–Kier alpha value is -0.770. The second-order valence-corrected chi connectivity index (χ2v) is 6.45. The third-order valence-corrected chi connectivity index (χ3v) is 5.02. The quantitative estimate of drug-likeness (QED) is 0.710. The van der Waals surface area contributed by atoms with E-state index in [0.717, 1.165) is 45.4 Å². The fraction of sp³-hybridized carbons (Fsp3) is 0.929. The van der Waals surface area contributed by atoms with E-state index < -0.39 is 0 Å². The molecule has 4 atom stereocenters. The van der Waals surface area contributed by atoms with Crippen molar-refractivity contribution in [2.45, 2.75) is 38.7 Å². The van der Waals surface area contributed by atoms with Crippen molar-refractivity contribution in [3.05, 3.63) is 0 Å². The number of carbonyl (C=O) groups is 1. The highest BCUT2D eigenvalue weighted by atomic mass is 16.3. The maximum absolute atomic E-state index is 12.5. The Kier molecular flexibility index (Phi) is 3.22. The first-order valence-corrected chi connectivity index (χ1v) is 7.37. The Balaban J connectivity index is 1.60. The summed E-state index contributed by atoms with van der Waals surface area (Å²) in [5.74, 6) is 1.53. The van der Waals surface area contributed by atoms with Gasteiger partial charge in [-0.05, 0) is 37.5 Å². The van der Waals surface area contributed by atoms with E-state index in [2.05, 4.69) is 6.92 Å². The van der Waals surface area contributed by atoms with Gasteiger partial charge in [0.15, 0.2) is 0 Å². The van der Waals surface area contributed by atoms with E-state index >= 15 is 0 Å². The molecule has 3 aliphatic rings. The van der Waals surface area contributed by atoms with Gasteiger partial charge in [-0.25, -0.2) is 4.79 Å². The second-order valence-electron chi connectivity index (χ2n) is 6.45. The van der Waals surface area contributed by atoms with Crippen molar-refractivity contribution in [3.63, 3.8) is 0 Å². The summed E-state index contributed by atoms with van der Waals surface area (Å²) in [6.07, 6.45) is 4.22. The highest BCUT2D eigenvalue weighted by Crippen LogP contribution is 2.38. The van der Waals surface area contributed by atoms with Crippen molar-refractivity contribution < 1.29 is 9.90 Å². The largest absolute Gasteiger partial charge is 0.393 e. The maximum Gasteiger partial charge on any atom is 0.320 e. The van der Waals surface area contributed by atoms with Crippen molar-refractivity contribution in [2.75, 3.05) is 26.2 Å². The average molecular weight is 252 g/mol. The van der Waals surface area contributed by atoms with Gasteiger partial charge in [-0.2, -0.15) is 0 Å². The predicted octanol–water partition coefficient (Wildman–Crippen LogP) is 1.54. The van der Waals surface area contributed by atoms with Gasteiger partial charge in [-0.1, -0.05) is 6.92 Å². The zero-order valence-corrected chi connectivity index (χ0v) is 11.2. The molecule has 0 aromatic carbocycles. The van der Waals surface area contributed by atoms with E-state index in [1.807, 2.05) is 9.80 Å². The Morgan fingerprint density at radius 2 is 1.94 bits per heavy atom. The van der Waals surface area contributed by atoms with Crippen LogP contribution in [0.15, 0.2) is 0 Å². The van der Waals surface area contributed by atoms with Crippen LogP contribution in [0.3, 0.4) is 0 Å². The molecule has 0 aromatic heterocycles. The molecule has 4 nitrogen and oxygen atoms in total. The van der Waals surface area contributed by atoms with E-state index in [0.29, 0.717) is 17.8 Å². The smallest absolute Gasteiger partial charge is 0.320 e. The van der Waals surface area contributed by atoms with Gasteiger partial charge >= 0.3 is 6.03 Å². The fourth-order valence-electron chi connectivity index (χ4n) is 3.96. The summed E-state index contributed by atoms with van der Waals surface area (Å²) in [4.78, 5) is 16.5. The van der Waals surface area contributed by atoms with Crippen molar-refractivity contribution in [2.24, 2.45) is 17.8 Å². The molecule has 1 N–H and O–H groups in total. The molecule has 2 saturated heterocycles. The van der Waals surface area contributed by atoms with Crippen LogP contribution in [0.2, 0.25) is 0 Å². The van der Waals surface area contributed by atoms with Crippen LogP contribution < -0.4 is 0 Å². The zero-order chi connectivity index (χ0) is 12.7. The summed E-state index contributed by atoms with van der Waals surface area (Å²) in [5.41, 5.74) is 0. The number of piperidine rings is 1. The van der Waals surface area contributed by atoms with Crippen LogP contribution in [-0.4, -0.2) is 53.2 Å². The van der Waals surface area contributed by atoms with Crippen LogP contribution in [0, 0.1) is 17.8 Å². The average Bonchev–Trinajstić information content (AvgIpc) is 2.91. The zero-order valence-electron chi connectivity index (χ0n) is 11.2. The minimum absolute atomic E-state index is 0.173. The fourth-order valence-corrected chi connectivity index (χ4v) is 3.96. The number of aliphatic hydroxyl groups is 1. The number of hydrogen-bond donors (Lipinski definition) is 1. The molecule has 0 aromatic rings. The highest BCUT2D eigenvalue weighted by molar-refractivity contribution is 5.75. The summed E-state index contributed by atoms with van der Waals surface area (Å²) < 4.78 is 0. The lowest BCUT2D eigenvalue weighted by atomic mass is 10.00. The van der Waals surface area contributed by atoms with Gasteiger partial charge in [-0.15, -0.1) is 0 Å². The molecule has 3 rings (SSSR count). The minimum Gasteiger partial charge on any atom is -0.393 e. The number of aliphatic hydroxyl groups excluding tert-OH is 1. The number of fused-ring (bicyclic) bond motifs is 1. The number of urea groups is 1. The molecule has 2 heterocycles. The van der Waals surface area contributed by atoms with Gasteiger partial charge in [0, 0.05) is 32.1 Å². The SMILES string of the molecule is CC1CCCN(C(=O)N2CC3CCC(O)C3C2)C1. The molecule has 18 heavy (non-hydrogen) atoms. The minimum atomic E-state index is -0.173. The van der Waals surface area contributed by atoms with Crippen molar-refractivity contribution in [1.29, 1.82) is 0 Å². The molecular formula is C14H24N2O2. The Morgan fingerprint density at radius 1 is 1.11 bits per heavy atom. The topological polar surface area (TPSA) is 43.8 Å². The maximum atomic E-state index is 12.5. The lowest BCUT2D eigenvalue weighted by Gasteiger charge is -2.34. The van der Waals surface area contributed by atoms with Crippen molar-refractivity contribution in [1.82, 2.24) is 9.80 Å². The lowest BCUT2D eigenvalue weighted by molar-refractivity contribution is 0.115. The van der Waals surface area contributed by atoms with E-state index in [1.165, 1.54) is 6.42 Å². The molecule has 2 aliphatic heterocycles. The number of carbonyl (C=O) groups excluding carboxylic acids is 1. The van der Waals surface area contributed by atoms with E-state index in [-0.39, 0.29) is 12.1 Å². The molecule has 2 amide bonds. The highest BCUT2D eigenvalue weighted by Gasteiger charge is 2.44. The third-order valence-electron chi connectivity index (χ3n) is 5.02. The Labute approximate surface area is 109 Å². The van der Waals surface area contributed by atoms with Crippen LogP contribution in [0.25, 0.3) is 0 Å². The summed E-state index contributed by atoms with van der Waals surface area (Å²) in [6.45, 7) is 5.69. The van der Waals surface area contributed by atoms with Gasteiger partial charge in [-0.3, -0.25) is 0 Å². The van der Waals surface area contributed by atoms with Crippen LogP contribution >= 0.6 is 0 Å². The Morgan fingerprint density at radius 3 is 2.67 bits per heavy atom. The molecule has 0 bridgehead atoms. The number of hydrogen-bond acceptors (Lipinski definition) is 2. The lowest BCUT2D eigenvalue weighted by Crippen LogP contribution is -2.46. The predicted molar refractivity (Wildman–Crippen MR) is 69.2 cm³/mol. The molecule has 4 unspecified atom stereocenters. The van der Waals surface area contributed by atoms with E-state index in [9.17, 15) is 9.90 Å². The molecule has 1 saturated carbocycles. The summed E-state index contributed by atoms with van der Waals surface area (Å²) in [5, 5.41) is 9.90. The molecule has 0 spiro atoms. The molecule has 4 heteroatoms. The van der Waals surface area contributed by atoms with Crippen LogP contribution in [0.5, 0.6) is 0 Å². The summed E-state index contributed by atoms with van der Waals surface area (Å²) in [6, 6.07) is 0.211. The van der Waals surface area contributed by atoms with Crippen molar-refractivity contribution >= 4 is 6.03 Å². The normalized spacial score (nSPS) is 40.1. The third kappa shape index (κ3) is 2.11. The number of nitrogens with zero attached hydrogens (tertiary/aromatic N) is 2. The van der Waals surface area contributed by atoms with E-state index in [4.69, 9.17) is 0 Å². The van der Waals surface area contributed by atoms with Crippen LogP contribution in [-0.2, 0) is 0 Å². The van der Waals surface area contributed by atoms with Gasteiger partial charge in [0.2, 0.25) is 0 Å². The molecular weight excluding hydrogens is 228 g/mol. The molecule has 102 valence electrons. The summed E-state index contributed by atoms with van der Waals surface area (Å²) in [7, 11) is 0. The van der Waals surface area contributed by atoms with Crippen LogP contribution in [0.1, 0.15) is 32.6 Å². The first-order valence-electron chi connectivity index (χ1n) is 7.37. The molecule has 1 aliphatic carbocycles. The van der Waals surface area contributed by atoms with Gasteiger partial charge in [0.05, 0.1) is 6.10 Å². The molecule has 3 fully saturated rings. The van der Waals surface area contributed by atoms with Crippen LogP contribution in [0.4, 0.5) is 4.79 Å².